The molecule has 0 aromatic carbocycles. The molecular formula is C8H16NO2P. The van der Waals surface area contributed by atoms with Gasteiger partial charge in [-0.3, -0.25) is 5.09 Å². The number of nitrogens with one attached hydrogen (secondary N) is 1. The van der Waals surface area contributed by atoms with E-state index in [1.807, 2.05) is 13.8 Å². The maximum Gasteiger partial charge on any atom is 0.163 e. The van der Waals surface area contributed by atoms with E-state index in [0.717, 1.165) is 6.42 Å². The van der Waals surface area contributed by atoms with Gasteiger partial charge in [0.2, 0.25) is 0 Å². The summed E-state index contributed by atoms with van der Waals surface area (Å²) in [5.41, 5.74) is 0. The lowest BCUT2D eigenvalue weighted by Crippen LogP contribution is -2.34. The van der Waals surface area contributed by atoms with Crippen molar-refractivity contribution in [2.24, 2.45) is 0 Å². The monoisotopic (exact) mass is 191 g/mol. The molecule has 0 amide bonds. The summed E-state index contributed by atoms with van der Waals surface area (Å²) in [4.78, 5) is 0. The Morgan fingerprint density at radius 2 is 2.33 bits per heavy atom. The Balaban J connectivity index is 2.12. The second-order valence-corrected chi connectivity index (χ2v) is 4.14. The Kier molecular flexibility index (Phi) is 1.87. The largest absolute Gasteiger partial charge is 0.345 e. The molecule has 2 rings (SSSR count). The average molecular weight is 191 g/mol. The van der Waals surface area contributed by atoms with Gasteiger partial charge >= 0.3 is 0 Å². The summed E-state index contributed by atoms with van der Waals surface area (Å²) in [5.74, 6) is -0.519. The Labute approximate surface area is 76.9 Å². The minimum absolute atomic E-state index is 0.0370. The van der Waals surface area contributed by atoms with Crippen LogP contribution in [0.25, 0.3) is 0 Å². The zero-order chi connectivity index (χ0) is 9.64. The number of ether oxygens (including phenoxy) is 2. The summed E-state index contributed by atoms with van der Waals surface area (Å²) in [7, 11) is 2.49. The fraction of sp³-hybridized carbons (Fsp3) is 1.00. The van der Waals surface area contributed by atoms with E-state index in [-0.39, 0.29) is 24.6 Å². The van der Waals surface area contributed by atoms with Gasteiger partial charge in [0.1, 0.15) is 6.10 Å². The van der Waals surface area contributed by atoms with Gasteiger partial charge in [-0.15, -0.1) is 0 Å². The molecule has 1 heterocycles. The second-order valence-electron chi connectivity index (χ2n) is 3.81. The highest BCUT2D eigenvalue weighted by Crippen LogP contribution is 2.38. The Morgan fingerprint density at radius 1 is 1.58 bits per heavy atom. The molecule has 2 unspecified atom stereocenters. The van der Waals surface area contributed by atoms with Gasteiger partial charge in [-0.1, -0.05) is 9.39 Å². The fourth-order valence-electron chi connectivity index (χ4n) is 1.89. The molecule has 1 N–H and O–H groups in total. The van der Waals surface area contributed by atoms with Gasteiger partial charge in [-0.05, 0) is 26.7 Å². The third-order valence-corrected chi connectivity index (χ3v) is 2.82. The molecule has 2 fully saturated rings. The van der Waals surface area contributed by atoms with E-state index in [1.165, 1.54) is 0 Å². The molecule has 0 bridgehead atoms. The van der Waals surface area contributed by atoms with Crippen molar-refractivity contribution >= 4 is 9.39 Å². The highest BCUT2D eigenvalue weighted by atomic mass is 31.0. The van der Waals surface area contributed by atoms with Crippen LogP contribution in [0, 0.1) is 0 Å². The van der Waals surface area contributed by atoms with Crippen LogP contribution in [0.1, 0.15) is 28.0 Å². The molecule has 0 spiro atoms. The molecule has 4 heteroatoms. The van der Waals surface area contributed by atoms with Gasteiger partial charge in [0.05, 0.1) is 6.10 Å². The zero-order valence-corrected chi connectivity index (χ0v) is 8.57. The van der Waals surface area contributed by atoms with Crippen LogP contribution in [-0.4, -0.2) is 24.0 Å². The van der Waals surface area contributed by atoms with Crippen molar-refractivity contribution in [2.45, 2.75) is 50.7 Å². The van der Waals surface area contributed by atoms with Crippen molar-refractivity contribution in [2.75, 3.05) is 0 Å². The summed E-state index contributed by atoms with van der Waals surface area (Å²) < 4.78 is 19.2. The maximum atomic E-state index is 7.82. The van der Waals surface area contributed by atoms with E-state index in [2.05, 4.69) is 14.5 Å². The summed E-state index contributed by atoms with van der Waals surface area (Å²) in [6.45, 7) is 3.80. The molecule has 2 aliphatic rings. The van der Waals surface area contributed by atoms with E-state index in [1.54, 1.807) is 0 Å². The molecule has 3 nitrogen and oxygen atoms in total. The zero-order valence-electron chi connectivity index (χ0n) is 8.41. The van der Waals surface area contributed by atoms with Gasteiger partial charge in [-0.2, -0.15) is 0 Å². The first-order valence-electron chi connectivity index (χ1n) is 4.85. The van der Waals surface area contributed by atoms with Crippen LogP contribution in [-0.2, 0) is 9.47 Å². The van der Waals surface area contributed by atoms with Crippen LogP contribution in [0.3, 0.4) is 0 Å². The predicted molar refractivity (Wildman–Crippen MR) is 49.7 cm³/mol. The highest BCUT2D eigenvalue weighted by Gasteiger charge is 2.48. The van der Waals surface area contributed by atoms with Gasteiger partial charge in [0, 0.05) is 7.41 Å². The molecule has 1 saturated heterocycles. The lowest BCUT2D eigenvalue weighted by atomic mass is 10.2. The second kappa shape index (κ2) is 2.91. The van der Waals surface area contributed by atoms with Crippen molar-refractivity contribution in [3.8, 4) is 0 Å². The molecule has 70 valence electrons. The van der Waals surface area contributed by atoms with Gasteiger partial charge in [0.25, 0.3) is 0 Å². The molecule has 1 saturated carbocycles. The average Bonchev–Trinajstić information content (AvgIpc) is 2.47. The molecule has 12 heavy (non-hydrogen) atoms. The first kappa shape index (κ1) is 7.69. The quantitative estimate of drug-likeness (QED) is 0.628. The van der Waals surface area contributed by atoms with Crippen LogP contribution < -0.4 is 5.09 Å². The fourth-order valence-corrected chi connectivity index (χ4v) is 2.21. The Morgan fingerprint density at radius 3 is 3.00 bits per heavy atom. The van der Waals surface area contributed by atoms with Crippen LogP contribution >= 0.6 is 9.39 Å². The minimum Gasteiger partial charge on any atom is -0.345 e. The Hall–Kier alpha value is 0.310. The summed E-state index contributed by atoms with van der Waals surface area (Å²) in [5, 5.41) is 3.10. The lowest BCUT2D eigenvalue weighted by molar-refractivity contribution is -0.153. The van der Waals surface area contributed by atoms with Gasteiger partial charge in [0.15, 0.2) is 5.79 Å². The molecule has 0 radical (unpaired) electrons. The summed E-state index contributed by atoms with van der Waals surface area (Å²) in [6.07, 6.45) is 0.613. The lowest BCUT2D eigenvalue weighted by Gasteiger charge is -2.21. The Bertz CT molecular complexity index is 214. The van der Waals surface area contributed by atoms with Crippen molar-refractivity contribution in [3.63, 3.8) is 0 Å². The van der Waals surface area contributed by atoms with Crippen molar-refractivity contribution in [1.29, 1.82) is 0 Å². The minimum atomic E-state index is -0.519. The van der Waals surface area contributed by atoms with E-state index in [9.17, 15) is 0 Å². The normalized spacial score (nSPS) is 52.1. The first-order valence-corrected chi connectivity index (χ1v) is 4.85. The van der Waals surface area contributed by atoms with Crippen LogP contribution in [0.4, 0.5) is 0 Å². The van der Waals surface area contributed by atoms with E-state index < -0.39 is 5.79 Å². The smallest absolute Gasteiger partial charge is 0.163 e. The van der Waals surface area contributed by atoms with Crippen molar-refractivity contribution in [3.05, 3.63) is 0 Å². The summed E-state index contributed by atoms with van der Waals surface area (Å²) >= 11 is 0. The van der Waals surface area contributed by atoms with Gasteiger partial charge < -0.3 is 9.47 Å². The van der Waals surface area contributed by atoms with Gasteiger partial charge in [-0.25, -0.2) is 0 Å². The molecule has 1 aliphatic carbocycles. The predicted octanol–water partition coefficient (Wildman–Crippen LogP) is 1.05. The molecule has 1 aliphatic heterocycles. The molecule has 0 aromatic heterocycles. The van der Waals surface area contributed by atoms with Crippen molar-refractivity contribution in [1.82, 2.24) is 5.09 Å². The van der Waals surface area contributed by atoms with Crippen LogP contribution in [0.15, 0.2) is 0 Å². The molecule has 0 aromatic rings. The standard InChI is InChI=1S/C8H16NO2P/c1-8(2)10-6-4-3-5(9-12)7(6)11-8/h5-7,9H,3-4,12H2,1-2H3/t5-,6-,7+/m1/s1/i4T/t4?,5-,6-,7+. The van der Waals surface area contributed by atoms with Crippen molar-refractivity contribution < 1.29 is 10.8 Å². The SMILES string of the molecule is [3H]C1C[C@@H](NP)[C@@H]2OC(C)(C)O[C@H]12. The first-order chi connectivity index (χ1) is 6.03. The number of rotatable bonds is 1. The van der Waals surface area contributed by atoms with E-state index >= 15 is 0 Å². The summed E-state index contributed by atoms with van der Waals surface area (Å²) in [6, 6.07) is 0.235. The third kappa shape index (κ3) is 1.39. The third-order valence-electron chi connectivity index (χ3n) is 2.40. The number of hydrogen-bond donors (Lipinski definition) is 1. The molecule has 5 atom stereocenters. The highest BCUT2D eigenvalue weighted by molar-refractivity contribution is 7.13. The molecular weight excluding hydrogens is 173 g/mol. The van der Waals surface area contributed by atoms with E-state index in [0.29, 0.717) is 0 Å². The maximum absolute atomic E-state index is 7.82. The number of hydrogen-bond acceptors (Lipinski definition) is 3. The van der Waals surface area contributed by atoms with Crippen LogP contribution in [0.2, 0.25) is 0 Å². The topological polar surface area (TPSA) is 30.5 Å². The van der Waals surface area contributed by atoms with E-state index in [4.69, 9.17) is 10.8 Å². The van der Waals surface area contributed by atoms with Crippen LogP contribution in [0.5, 0.6) is 0 Å². The number of fused-ring (bicyclic) bond motifs is 1.